The summed E-state index contributed by atoms with van der Waals surface area (Å²) in [5.41, 5.74) is -1.24. The maximum Gasteiger partial charge on any atom is 0.424 e. The van der Waals surface area contributed by atoms with E-state index in [1.54, 1.807) is 54.5 Å². The first kappa shape index (κ1) is 18.2. The van der Waals surface area contributed by atoms with Crippen LogP contribution >= 0.6 is 0 Å². The van der Waals surface area contributed by atoms with Gasteiger partial charge in [0.05, 0.1) is 5.70 Å². The molecule has 0 aromatic heterocycles. The Kier molecular flexibility index (Phi) is 6.00. The summed E-state index contributed by atoms with van der Waals surface area (Å²) in [5.74, 6) is 0. The van der Waals surface area contributed by atoms with Crippen molar-refractivity contribution in [3.8, 4) is 0 Å². The van der Waals surface area contributed by atoms with Crippen LogP contribution in [0.4, 0.5) is 9.59 Å². The van der Waals surface area contributed by atoms with Crippen LogP contribution in [0.5, 0.6) is 0 Å². The van der Waals surface area contributed by atoms with E-state index in [0.29, 0.717) is 0 Å². The molecule has 0 saturated heterocycles. The SMILES string of the molecule is C=C(/C=C\C)N(C(=O)OC(C)(C)C)C(=O)OC(C)(C)C. The van der Waals surface area contributed by atoms with Gasteiger partial charge in [-0.25, -0.2) is 9.59 Å². The zero-order valence-corrected chi connectivity index (χ0v) is 13.4. The monoisotopic (exact) mass is 283 g/mol. The molecule has 0 aromatic rings. The van der Waals surface area contributed by atoms with Crippen LogP contribution in [-0.2, 0) is 9.47 Å². The predicted octanol–water partition coefficient (Wildman–Crippen LogP) is 4.25. The summed E-state index contributed by atoms with van der Waals surface area (Å²) in [5, 5.41) is 0. The van der Waals surface area contributed by atoms with Gasteiger partial charge in [-0.2, -0.15) is 4.90 Å². The average molecular weight is 283 g/mol. The predicted molar refractivity (Wildman–Crippen MR) is 78.3 cm³/mol. The zero-order valence-electron chi connectivity index (χ0n) is 13.4. The van der Waals surface area contributed by atoms with Crippen LogP contribution in [0.15, 0.2) is 24.4 Å². The molecule has 0 aliphatic heterocycles. The molecule has 0 radical (unpaired) electrons. The molecule has 0 rings (SSSR count). The molecule has 0 aliphatic carbocycles. The molecule has 0 fully saturated rings. The number of allylic oxidation sites excluding steroid dienone is 2. The van der Waals surface area contributed by atoms with E-state index in [1.807, 2.05) is 0 Å². The van der Waals surface area contributed by atoms with Crippen LogP contribution in [0.2, 0.25) is 0 Å². The Balaban J connectivity index is 5.24. The van der Waals surface area contributed by atoms with Crippen LogP contribution in [0.3, 0.4) is 0 Å². The first-order valence-electron chi connectivity index (χ1n) is 6.45. The minimum Gasteiger partial charge on any atom is -0.443 e. The van der Waals surface area contributed by atoms with Crippen molar-refractivity contribution in [2.45, 2.75) is 59.7 Å². The third kappa shape index (κ3) is 6.97. The molecule has 2 amide bonds. The molecule has 0 aliphatic rings. The van der Waals surface area contributed by atoms with E-state index >= 15 is 0 Å². The zero-order chi connectivity index (χ0) is 16.1. The van der Waals surface area contributed by atoms with Gasteiger partial charge in [0.25, 0.3) is 0 Å². The van der Waals surface area contributed by atoms with Gasteiger partial charge in [-0.3, -0.25) is 0 Å². The Hall–Kier alpha value is -1.78. The molecule has 5 nitrogen and oxygen atoms in total. The lowest BCUT2D eigenvalue weighted by Crippen LogP contribution is -2.42. The van der Waals surface area contributed by atoms with Gasteiger partial charge >= 0.3 is 12.2 Å². The van der Waals surface area contributed by atoms with E-state index in [0.717, 1.165) is 4.90 Å². The topological polar surface area (TPSA) is 55.8 Å². The van der Waals surface area contributed by atoms with Crippen molar-refractivity contribution in [3.63, 3.8) is 0 Å². The summed E-state index contributed by atoms with van der Waals surface area (Å²) < 4.78 is 10.4. The number of carbonyl (C=O) groups excluding carboxylic acids is 2. The molecule has 0 bridgehead atoms. The van der Waals surface area contributed by atoms with Gasteiger partial charge < -0.3 is 9.47 Å². The molecule has 0 unspecified atom stereocenters. The number of hydrogen-bond acceptors (Lipinski definition) is 4. The van der Waals surface area contributed by atoms with Crippen LogP contribution in [0.1, 0.15) is 48.5 Å². The van der Waals surface area contributed by atoms with E-state index in [-0.39, 0.29) is 5.70 Å². The van der Waals surface area contributed by atoms with Crippen molar-refractivity contribution in [3.05, 3.63) is 24.4 Å². The quantitative estimate of drug-likeness (QED) is 0.711. The van der Waals surface area contributed by atoms with Gasteiger partial charge in [0.15, 0.2) is 0 Å². The smallest absolute Gasteiger partial charge is 0.424 e. The van der Waals surface area contributed by atoms with Crippen LogP contribution in [0, 0.1) is 0 Å². The molecule has 5 heteroatoms. The number of rotatable bonds is 2. The van der Waals surface area contributed by atoms with E-state index in [2.05, 4.69) is 6.58 Å². The van der Waals surface area contributed by atoms with Crippen molar-refractivity contribution in [2.24, 2.45) is 0 Å². The highest BCUT2D eigenvalue weighted by atomic mass is 16.6. The van der Waals surface area contributed by atoms with E-state index in [4.69, 9.17) is 9.47 Å². The van der Waals surface area contributed by atoms with Crippen molar-refractivity contribution in [1.82, 2.24) is 4.90 Å². The van der Waals surface area contributed by atoms with Crippen molar-refractivity contribution in [2.75, 3.05) is 0 Å². The second kappa shape index (κ2) is 6.59. The van der Waals surface area contributed by atoms with Crippen LogP contribution in [-0.4, -0.2) is 28.3 Å². The highest BCUT2D eigenvalue weighted by Crippen LogP contribution is 2.18. The first-order chi connectivity index (χ1) is 8.87. The second-order valence-electron chi connectivity index (χ2n) is 6.29. The largest absolute Gasteiger partial charge is 0.443 e. The number of ether oxygens (including phenoxy) is 2. The van der Waals surface area contributed by atoms with Gasteiger partial charge in [-0.1, -0.05) is 12.7 Å². The number of hydrogen-bond donors (Lipinski definition) is 0. The van der Waals surface area contributed by atoms with Gasteiger partial charge in [0, 0.05) is 0 Å². The Labute approximate surface area is 121 Å². The number of carbonyl (C=O) groups is 2. The fourth-order valence-corrected chi connectivity index (χ4v) is 1.19. The van der Waals surface area contributed by atoms with Crippen LogP contribution in [0.25, 0.3) is 0 Å². The Morgan fingerprint density at radius 1 is 0.950 bits per heavy atom. The Morgan fingerprint density at radius 3 is 1.55 bits per heavy atom. The molecule has 20 heavy (non-hydrogen) atoms. The van der Waals surface area contributed by atoms with Gasteiger partial charge in [0.2, 0.25) is 0 Å². The molecular weight excluding hydrogens is 258 g/mol. The Bertz CT molecular complexity index is 383. The van der Waals surface area contributed by atoms with E-state index < -0.39 is 23.4 Å². The molecule has 0 aromatic carbocycles. The highest BCUT2D eigenvalue weighted by molar-refractivity contribution is 5.91. The molecular formula is C15H25NO4. The lowest BCUT2D eigenvalue weighted by atomic mass is 10.2. The van der Waals surface area contributed by atoms with Crippen molar-refractivity contribution in [1.29, 1.82) is 0 Å². The van der Waals surface area contributed by atoms with E-state index in [9.17, 15) is 9.59 Å². The molecule has 0 saturated carbocycles. The third-order valence-electron chi connectivity index (χ3n) is 1.80. The molecule has 0 heterocycles. The van der Waals surface area contributed by atoms with E-state index in [1.165, 1.54) is 6.08 Å². The molecule has 0 spiro atoms. The lowest BCUT2D eigenvalue weighted by molar-refractivity contribution is 0.00912. The third-order valence-corrected chi connectivity index (χ3v) is 1.80. The molecule has 0 N–H and O–H groups in total. The first-order valence-corrected chi connectivity index (χ1v) is 6.45. The summed E-state index contributed by atoms with van der Waals surface area (Å²) in [6.07, 6.45) is 1.59. The fourth-order valence-electron chi connectivity index (χ4n) is 1.19. The summed E-state index contributed by atoms with van der Waals surface area (Å²) in [6.45, 7) is 15.8. The lowest BCUT2D eigenvalue weighted by Gasteiger charge is -2.28. The van der Waals surface area contributed by atoms with Gasteiger partial charge in [-0.15, -0.1) is 0 Å². The summed E-state index contributed by atoms with van der Waals surface area (Å²) >= 11 is 0. The summed E-state index contributed by atoms with van der Waals surface area (Å²) in [4.78, 5) is 25.0. The maximum absolute atomic E-state index is 12.1. The summed E-state index contributed by atoms with van der Waals surface area (Å²) in [6, 6.07) is 0. The summed E-state index contributed by atoms with van der Waals surface area (Å²) in [7, 11) is 0. The maximum atomic E-state index is 12.1. The molecule has 114 valence electrons. The molecule has 0 atom stereocenters. The van der Waals surface area contributed by atoms with Gasteiger partial charge in [-0.05, 0) is 54.5 Å². The number of amides is 2. The van der Waals surface area contributed by atoms with Crippen molar-refractivity contribution < 1.29 is 19.1 Å². The standard InChI is InChI=1S/C15H25NO4/c1-9-10-11(2)16(12(17)19-14(3,4)5)13(18)20-15(6,7)8/h9-10H,2H2,1,3-8H3/b10-9-. The Morgan fingerprint density at radius 2 is 1.30 bits per heavy atom. The second-order valence-corrected chi connectivity index (χ2v) is 6.29. The van der Waals surface area contributed by atoms with Gasteiger partial charge in [0.1, 0.15) is 11.2 Å². The normalized spacial score (nSPS) is 12.2. The number of imide groups is 1. The van der Waals surface area contributed by atoms with Crippen LogP contribution < -0.4 is 0 Å². The number of nitrogens with zero attached hydrogens (tertiary/aromatic N) is 1. The fraction of sp³-hybridized carbons (Fsp3) is 0.600. The average Bonchev–Trinajstić information content (AvgIpc) is 2.11. The van der Waals surface area contributed by atoms with Crippen molar-refractivity contribution >= 4 is 12.2 Å². The highest BCUT2D eigenvalue weighted by Gasteiger charge is 2.32. The minimum absolute atomic E-state index is 0.191. The minimum atomic E-state index is -0.810.